The summed E-state index contributed by atoms with van der Waals surface area (Å²) in [5.74, 6) is -4.60. The number of rotatable bonds is 5. The van der Waals surface area contributed by atoms with Crippen LogP contribution < -0.4 is 16.4 Å². The molecule has 0 aliphatic carbocycles. The smallest absolute Gasteiger partial charge is 0.267 e. The van der Waals surface area contributed by atoms with Gasteiger partial charge in [-0.2, -0.15) is 0 Å². The Hall–Kier alpha value is -4.24. The molecule has 0 spiro atoms. The van der Waals surface area contributed by atoms with E-state index in [1.165, 1.54) is 11.1 Å². The first-order valence-corrected chi connectivity index (χ1v) is 11.6. The summed E-state index contributed by atoms with van der Waals surface area (Å²) in [7, 11) is 0. The first-order valence-electron chi connectivity index (χ1n) is 11.6. The zero-order chi connectivity index (χ0) is 28.1. The zero-order valence-corrected chi connectivity index (χ0v) is 20.0. The molecule has 0 bridgehead atoms. The van der Waals surface area contributed by atoms with Crippen LogP contribution in [0.15, 0.2) is 37.1 Å². The maximum atomic E-state index is 14.6. The van der Waals surface area contributed by atoms with Gasteiger partial charge in [-0.15, -0.1) is 0 Å². The lowest BCUT2D eigenvalue weighted by Gasteiger charge is -2.44. The summed E-state index contributed by atoms with van der Waals surface area (Å²) in [4.78, 5) is 31.4. The van der Waals surface area contributed by atoms with Crippen LogP contribution in [0.1, 0.15) is 23.2 Å². The van der Waals surface area contributed by atoms with Crippen LogP contribution in [-0.4, -0.2) is 66.7 Å². The monoisotopic (exact) mass is 548 g/mol. The molecule has 1 aromatic carbocycles. The molecule has 0 amide bonds. The molecule has 10 nitrogen and oxygen atoms in total. The predicted octanol–water partition coefficient (Wildman–Crippen LogP) is 2.50. The highest BCUT2D eigenvalue weighted by molar-refractivity contribution is 6.05. The van der Waals surface area contributed by atoms with Crippen LogP contribution in [0.4, 0.5) is 33.5 Å². The number of aromatic nitrogens is 5. The number of benzene rings is 1. The van der Waals surface area contributed by atoms with E-state index in [2.05, 4.69) is 19.9 Å². The second-order valence-electron chi connectivity index (χ2n) is 9.22. The van der Waals surface area contributed by atoms with Gasteiger partial charge in [-0.05, 0) is 25.0 Å². The number of pyridine rings is 1. The fourth-order valence-corrected chi connectivity index (χ4v) is 4.68. The number of nitrogens with two attached hydrogens (primary N) is 2. The van der Waals surface area contributed by atoms with E-state index in [0.717, 1.165) is 23.3 Å². The third-order valence-corrected chi connectivity index (χ3v) is 6.70. The number of hydrogen-bond donors (Lipinski definition) is 3. The highest BCUT2D eigenvalue weighted by Crippen LogP contribution is 2.34. The highest BCUT2D eigenvalue weighted by atomic mass is 19.3. The number of piperidine rings is 1. The van der Waals surface area contributed by atoms with E-state index in [-0.39, 0.29) is 53.4 Å². The Kier molecular flexibility index (Phi) is 6.64. The number of anilines is 2. The Morgan fingerprint density at radius 3 is 2.54 bits per heavy atom. The number of nitrogens with zero attached hydrogens (tertiary/aromatic N) is 6. The Morgan fingerprint density at radius 1 is 1.05 bits per heavy atom. The first-order chi connectivity index (χ1) is 18.5. The molecule has 4 heterocycles. The van der Waals surface area contributed by atoms with Crippen LogP contribution in [0.2, 0.25) is 0 Å². The fourth-order valence-electron chi connectivity index (χ4n) is 4.68. The minimum absolute atomic E-state index is 0.0102. The normalized spacial score (nSPS) is 18.6. The number of halogens is 5. The molecule has 1 aliphatic rings. The van der Waals surface area contributed by atoms with Gasteiger partial charge in [-0.3, -0.25) is 9.78 Å². The van der Waals surface area contributed by atoms with Gasteiger partial charge < -0.3 is 21.5 Å². The van der Waals surface area contributed by atoms with Crippen LogP contribution in [0.5, 0.6) is 0 Å². The van der Waals surface area contributed by atoms with Crippen LogP contribution in [0, 0.1) is 17.5 Å². The summed E-state index contributed by atoms with van der Waals surface area (Å²) >= 11 is 0. The third-order valence-electron chi connectivity index (χ3n) is 6.70. The maximum Gasteiger partial charge on any atom is 0.267 e. The molecule has 1 saturated heterocycles. The fraction of sp³-hybridized carbons (Fsp3) is 0.292. The lowest BCUT2D eigenvalue weighted by molar-refractivity contribution is -0.0529. The van der Waals surface area contributed by atoms with E-state index in [1.807, 2.05) is 0 Å². The van der Waals surface area contributed by atoms with E-state index in [0.29, 0.717) is 18.6 Å². The molecule has 204 valence electrons. The Balaban J connectivity index is 1.65. The number of hydrogen-bond acceptors (Lipinski definition) is 9. The van der Waals surface area contributed by atoms with Gasteiger partial charge in [0, 0.05) is 24.7 Å². The van der Waals surface area contributed by atoms with Gasteiger partial charge >= 0.3 is 0 Å². The molecule has 0 saturated carbocycles. The molecule has 15 heteroatoms. The molecular formula is C24H21F5N8O2. The predicted molar refractivity (Wildman–Crippen MR) is 129 cm³/mol. The highest BCUT2D eigenvalue weighted by Gasteiger charge is 2.43. The number of nitrogen functional groups attached to an aromatic ring is 1. The van der Waals surface area contributed by atoms with Crippen molar-refractivity contribution in [2.45, 2.75) is 30.9 Å². The summed E-state index contributed by atoms with van der Waals surface area (Å²) < 4.78 is 69.9. The molecule has 0 radical (unpaired) electrons. The minimum Gasteiger partial charge on any atom is -0.385 e. The Morgan fingerprint density at radius 2 is 1.79 bits per heavy atom. The van der Waals surface area contributed by atoms with Crippen molar-refractivity contribution < 1.29 is 31.9 Å². The van der Waals surface area contributed by atoms with Gasteiger partial charge in [0.25, 0.3) is 12.3 Å². The summed E-state index contributed by atoms with van der Waals surface area (Å²) in [5.41, 5.74) is 9.82. The summed E-state index contributed by atoms with van der Waals surface area (Å²) in [5, 5.41) is 10.1. The maximum absolute atomic E-state index is 14.6. The molecule has 1 aliphatic heterocycles. The number of alkyl halides is 2. The number of aliphatic hydroxyl groups excluding tert-OH is 1. The Bertz CT molecular complexity index is 1580. The van der Waals surface area contributed by atoms with Crippen molar-refractivity contribution in [1.82, 2.24) is 24.5 Å². The lowest BCUT2D eigenvalue weighted by Crippen LogP contribution is -2.63. The molecule has 2 unspecified atom stereocenters. The molecule has 3 aromatic heterocycles. The molecule has 1 fully saturated rings. The van der Waals surface area contributed by atoms with E-state index >= 15 is 0 Å². The van der Waals surface area contributed by atoms with Crippen molar-refractivity contribution in [2.75, 3.05) is 23.7 Å². The molecule has 5 rings (SSSR count). The van der Waals surface area contributed by atoms with Gasteiger partial charge in [0.2, 0.25) is 0 Å². The quantitative estimate of drug-likeness (QED) is 0.253. The number of imidazole rings is 1. The van der Waals surface area contributed by atoms with Crippen molar-refractivity contribution in [2.24, 2.45) is 5.73 Å². The zero-order valence-electron chi connectivity index (χ0n) is 20.0. The van der Waals surface area contributed by atoms with E-state index in [4.69, 9.17) is 11.5 Å². The third kappa shape index (κ3) is 4.63. The van der Waals surface area contributed by atoms with E-state index in [9.17, 15) is 31.9 Å². The van der Waals surface area contributed by atoms with Crippen molar-refractivity contribution >= 4 is 28.6 Å². The second kappa shape index (κ2) is 9.81. The summed E-state index contributed by atoms with van der Waals surface area (Å²) in [6.07, 6.45) is -1.42. The average molecular weight is 548 g/mol. The minimum atomic E-state index is -3.10. The largest absolute Gasteiger partial charge is 0.385 e. The number of aliphatic hydroxyl groups is 1. The van der Waals surface area contributed by atoms with Crippen LogP contribution >= 0.6 is 0 Å². The van der Waals surface area contributed by atoms with Crippen LogP contribution in [0.25, 0.3) is 22.4 Å². The Labute approximate surface area is 217 Å². The molecule has 5 N–H and O–H groups in total. The van der Waals surface area contributed by atoms with Gasteiger partial charge in [-0.25, -0.2) is 41.5 Å². The summed E-state index contributed by atoms with van der Waals surface area (Å²) in [6.45, 7) is -0.00527. The van der Waals surface area contributed by atoms with Crippen LogP contribution in [-0.2, 0) is 0 Å². The van der Waals surface area contributed by atoms with Gasteiger partial charge in [0.15, 0.2) is 28.6 Å². The van der Waals surface area contributed by atoms with Crippen molar-refractivity contribution in [3.63, 3.8) is 0 Å². The molecule has 2 atom stereocenters. The van der Waals surface area contributed by atoms with Gasteiger partial charge in [0.1, 0.15) is 24.6 Å². The summed E-state index contributed by atoms with van der Waals surface area (Å²) in [6, 6.07) is 2.11. The van der Waals surface area contributed by atoms with Crippen molar-refractivity contribution in [1.29, 1.82) is 0 Å². The number of carbonyl (C=O) groups is 1. The molecule has 39 heavy (non-hydrogen) atoms. The first kappa shape index (κ1) is 26.4. The molecule has 4 aromatic rings. The van der Waals surface area contributed by atoms with Gasteiger partial charge in [-0.1, -0.05) is 0 Å². The number of fused-ring (bicyclic) bond motifs is 1. The second-order valence-corrected chi connectivity index (χ2v) is 9.22. The lowest BCUT2D eigenvalue weighted by atomic mass is 9.84. The van der Waals surface area contributed by atoms with E-state index < -0.39 is 47.0 Å². The number of carbonyl (C=O) groups excluding carboxylic acids is 1. The van der Waals surface area contributed by atoms with Crippen LogP contribution in [0.3, 0.4) is 0 Å². The SMILES string of the molecule is Nc1ncnc2c1ncn2C(=O)c1cc(-c2cc(F)c(F)cc2F)ncc1N1CCCC(N)(C(O)C(F)F)C1. The van der Waals surface area contributed by atoms with Crippen molar-refractivity contribution in [3.8, 4) is 11.3 Å². The molecular weight excluding hydrogens is 527 g/mol. The van der Waals surface area contributed by atoms with Crippen molar-refractivity contribution in [3.05, 3.63) is 60.1 Å². The van der Waals surface area contributed by atoms with E-state index in [1.54, 1.807) is 0 Å². The standard InChI is InChI=1S/C24H21F5N8O2/c25-13-6-15(27)14(26)4-11(13)16-5-12(23(39)37-10-35-18-21(30)33-9-34-22(18)37)17(7-32-16)36-3-1-2-24(31,8-36)19(38)20(28)29/h4-7,9-10,19-20,38H,1-3,8,31H2,(H2,30,33,34). The average Bonchev–Trinajstić information content (AvgIpc) is 3.35. The van der Waals surface area contributed by atoms with Gasteiger partial charge in [0.05, 0.1) is 28.7 Å². The topological polar surface area (TPSA) is 149 Å².